The molecule has 0 aliphatic rings. The maximum atomic E-state index is 13.9. The number of ether oxygens (including phenoxy) is 3. The predicted molar refractivity (Wildman–Crippen MR) is 200 cm³/mol. The Morgan fingerprint density at radius 1 is 0.755 bits per heavy atom. The first-order chi connectivity index (χ1) is 25.3. The highest BCUT2D eigenvalue weighted by Gasteiger charge is 2.29. The Bertz CT molecular complexity index is 1560. The summed E-state index contributed by atoms with van der Waals surface area (Å²) in [5.74, 6) is -0.0376. The van der Waals surface area contributed by atoms with Crippen LogP contribution in [0.25, 0.3) is 0 Å². The fraction of sp³-hybridized carbons (Fsp3) is 0.447. The predicted octanol–water partition coefficient (Wildman–Crippen LogP) is 6.77. The fourth-order valence-electron chi connectivity index (χ4n) is 5.05. The minimum Gasteiger partial charge on any atom is -0.489 e. The van der Waals surface area contributed by atoms with Crippen LogP contribution in [-0.2, 0) is 43.5 Å². The summed E-state index contributed by atoms with van der Waals surface area (Å²) in [5, 5.41) is 26.9. The van der Waals surface area contributed by atoms with Crippen molar-refractivity contribution in [2.24, 2.45) is 0 Å². The van der Waals surface area contributed by atoms with Crippen LogP contribution in [0.3, 0.4) is 0 Å². The van der Waals surface area contributed by atoms with Gasteiger partial charge in [0.25, 0.3) is 0 Å². The van der Waals surface area contributed by atoms with Crippen LogP contribution in [0.2, 0.25) is 10.0 Å². The summed E-state index contributed by atoms with van der Waals surface area (Å²) in [5.41, 5.74) is 1.24. The molecule has 53 heavy (non-hydrogen) atoms. The molecule has 2 atom stereocenters. The molecule has 0 aromatic heterocycles. The largest absolute Gasteiger partial charge is 0.489 e. The molecule has 0 heterocycles. The lowest BCUT2D eigenvalue weighted by molar-refractivity contribution is -0.286. The number of hydrogen-bond donors (Lipinski definition) is 5. The van der Waals surface area contributed by atoms with Crippen LogP contribution in [0.4, 0.5) is 4.79 Å². The normalized spacial score (nSPS) is 12.5. The van der Waals surface area contributed by atoms with E-state index >= 15 is 0 Å². The zero-order valence-electron chi connectivity index (χ0n) is 30.4. The molecule has 2 unspecified atom stereocenters. The summed E-state index contributed by atoms with van der Waals surface area (Å²) >= 11 is 12.5. The molecule has 3 amide bonds. The third-order valence-electron chi connectivity index (χ3n) is 7.71. The SMILES string of the molecule is CCCCCNC(=O)C(Cc1ccc(OC(COO)COO)cc1)NC(=O)C(Cc1ccc(OCc2c(Cl)cccc2Cl)cc1)NC(=O)OC(C)(C)C. The highest BCUT2D eigenvalue weighted by atomic mass is 35.5. The van der Waals surface area contributed by atoms with E-state index in [0.29, 0.717) is 44.8 Å². The number of carbonyl (C=O) groups excluding carboxylic acids is 3. The van der Waals surface area contributed by atoms with Crippen molar-refractivity contribution in [2.75, 3.05) is 19.8 Å². The van der Waals surface area contributed by atoms with Gasteiger partial charge < -0.3 is 30.2 Å². The zero-order valence-corrected chi connectivity index (χ0v) is 31.9. The van der Waals surface area contributed by atoms with Crippen molar-refractivity contribution >= 4 is 41.1 Å². The maximum Gasteiger partial charge on any atom is 0.408 e. The quantitative estimate of drug-likeness (QED) is 0.0441. The molecule has 290 valence electrons. The van der Waals surface area contributed by atoms with Gasteiger partial charge in [-0.25, -0.2) is 14.6 Å². The molecular weight excluding hydrogens is 729 g/mol. The number of benzene rings is 3. The Balaban J connectivity index is 1.79. The van der Waals surface area contributed by atoms with Crippen molar-refractivity contribution in [3.05, 3.63) is 93.5 Å². The smallest absolute Gasteiger partial charge is 0.408 e. The summed E-state index contributed by atoms with van der Waals surface area (Å²) in [7, 11) is 0. The lowest BCUT2D eigenvalue weighted by atomic mass is 10.0. The number of alkyl carbamates (subject to hydrolysis) is 1. The highest BCUT2D eigenvalue weighted by molar-refractivity contribution is 6.35. The van der Waals surface area contributed by atoms with E-state index in [9.17, 15) is 14.4 Å². The van der Waals surface area contributed by atoms with E-state index in [1.54, 1.807) is 87.5 Å². The second-order valence-electron chi connectivity index (χ2n) is 13.3. The average molecular weight is 779 g/mol. The number of nitrogens with one attached hydrogen (secondary N) is 3. The summed E-state index contributed by atoms with van der Waals surface area (Å²) in [6, 6.07) is 16.8. The van der Waals surface area contributed by atoms with Gasteiger partial charge in [-0.2, -0.15) is 0 Å². The lowest BCUT2D eigenvalue weighted by Gasteiger charge is -2.25. The first kappa shape index (κ1) is 43.3. The Hall–Kier alpha value is -4.11. The highest BCUT2D eigenvalue weighted by Crippen LogP contribution is 2.26. The molecule has 0 aliphatic heterocycles. The number of carbonyl (C=O) groups is 3. The van der Waals surface area contributed by atoms with Gasteiger partial charge in [0.1, 0.15) is 49.0 Å². The third kappa shape index (κ3) is 15.8. The molecule has 0 radical (unpaired) electrons. The van der Waals surface area contributed by atoms with Gasteiger partial charge >= 0.3 is 6.09 Å². The van der Waals surface area contributed by atoms with Gasteiger partial charge in [0, 0.05) is 35.0 Å². The summed E-state index contributed by atoms with van der Waals surface area (Å²) in [4.78, 5) is 48.5. The first-order valence-electron chi connectivity index (χ1n) is 17.3. The summed E-state index contributed by atoms with van der Waals surface area (Å²) in [6.07, 6.45) is 1.30. The van der Waals surface area contributed by atoms with Crippen LogP contribution >= 0.6 is 23.2 Å². The Labute approximate surface area is 320 Å². The minimum atomic E-state index is -1.11. The van der Waals surface area contributed by atoms with Crippen molar-refractivity contribution in [3.8, 4) is 11.5 Å². The lowest BCUT2D eigenvalue weighted by Crippen LogP contribution is -2.55. The van der Waals surface area contributed by atoms with Crippen LogP contribution in [0.1, 0.15) is 63.6 Å². The number of halogens is 2. The van der Waals surface area contributed by atoms with E-state index in [2.05, 4.69) is 32.6 Å². The molecule has 0 saturated carbocycles. The Morgan fingerprint density at radius 2 is 1.30 bits per heavy atom. The average Bonchev–Trinajstić information content (AvgIpc) is 3.10. The van der Waals surface area contributed by atoms with E-state index in [0.717, 1.165) is 19.3 Å². The zero-order chi connectivity index (χ0) is 38.8. The van der Waals surface area contributed by atoms with Crippen molar-refractivity contribution in [1.82, 2.24) is 16.0 Å². The third-order valence-corrected chi connectivity index (χ3v) is 8.42. The van der Waals surface area contributed by atoms with Crippen LogP contribution in [0.5, 0.6) is 11.5 Å². The van der Waals surface area contributed by atoms with Gasteiger partial charge in [-0.3, -0.25) is 20.1 Å². The molecule has 0 bridgehead atoms. The van der Waals surface area contributed by atoms with Crippen molar-refractivity contribution < 1.29 is 48.9 Å². The van der Waals surface area contributed by atoms with E-state index < -0.39 is 35.8 Å². The fourth-order valence-corrected chi connectivity index (χ4v) is 5.55. The molecule has 15 heteroatoms. The Kier molecular flexibility index (Phi) is 18.1. The molecule has 3 aromatic rings. The molecule has 3 aromatic carbocycles. The molecule has 0 spiro atoms. The molecule has 5 N–H and O–H groups in total. The second-order valence-corrected chi connectivity index (χ2v) is 14.1. The van der Waals surface area contributed by atoms with Crippen molar-refractivity contribution in [2.45, 2.75) is 90.2 Å². The van der Waals surface area contributed by atoms with E-state index in [4.69, 9.17) is 47.9 Å². The first-order valence-corrected chi connectivity index (χ1v) is 18.1. The van der Waals surface area contributed by atoms with E-state index in [-0.39, 0.29) is 38.6 Å². The van der Waals surface area contributed by atoms with Crippen LogP contribution in [-0.4, -0.2) is 72.0 Å². The number of unbranched alkanes of at least 4 members (excludes halogenated alkanes) is 2. The topological polar surface area (TPSA) is 174 Å². The molecule has 0 aliphatic carbocycles. The molecular formula is C38H49Cl2N3O10. The maximum absolute atomic E-state index is 13.9. The summed E-state index contributed by atoms with van der Waals surface area (Å²) < 4.78 is 17.0. The van der Waals surface area contributed by atoms with Gasteiger partial charge in [-0.15, -0.1) is 0 Å². The van der Waals surface area contributed by atoms with Crippen LogP contribution < -0.4 is 25.4 Å². The van der Waals surface area contributed by atoms with Gasteiger partial charge in [0.2, 0.25) is 11.8 Å². The molecule has 0 fully saturated rings. The van der Waals surface area contributed by atoms with Crippen molar-refractivity contribution in [1.29, 1.82) is 0 Å². The number of hydrogen-bond acceptors (Lipinski definition) is 10. The van der Waals surface area contributed by atoms with Crippen molar-refractivity contribution in [3.63, 3.8) is 0 Å². The second kappa shape index (κ2) is 22.2. The van der Waals surface area contributed by atoms with Gasteiger partial charge in [-0.1, -0.05) is 73.3 Å². The monoisotopic (exact) mass is 777 g/mol. The van der Waals surface area contributed by atoms with Gasteiger partial charge in [0.15, 0.2) is 6.10 Å². The number of amides is 3. The van der Waals surface area contributed by atoms with E-state index in [1.807, 2.05) is 0 Å². The minimum absolute atomic E-state index is 0.0782. The Morgan fingerprint density at radius 3 is 1.83 bits per heavy atom. The van der Waals surface area contributed by atoms with Crippen LogP contribution in [0, 0.1) is 0 Å². The van der Waals surface area contributed by atoms with Gasteiger partial charge in [0.05, 0.1) is 0 Å². The van der Waals surface area contributed by atoms with Crippen LogP contribution in [0.15, 0.2) is 66.7 Å². The molecule has 0 saturated heterocycles. The summed E-state index contributed by atoms with van der Waals surface area (Å²) in [6.45, 7) is 7.30. The van der Waals surface area contributed by atoms with E-state index in [1.165, 1.54) is 0 Å². The molecule has 13 nitrogen and oxygen atoms in total. The number of rotatable bonds is 21. The standard InChI is InChI=1S/C38H49Cl2N3O10/c1-5-6-7-19-41-35(44)33(20-26-13-17-28(18-14-26)52-29(22-50-47)23-51-48)42-36(45)34(43-37(46)53-38(2,3)4)21-25-11-15-27(16-12-25)49-24-30-31(39)9-8-10-32(30)40/h8-18,29,33-34,47-48H,5-7,19-24H2,1-4H3,(H,41,44)(H,42,45)(H,43,46). The molecule has 3 rings (SSSR count). The van der Waals surface area contributed by atoms with Gasteiger partial charge in [-0.05, 0) is 74.7 Å².